The van der Waals surface area contributed by atoms with Crippen molar-refractivity contribution in [1.29, 1.82) is 0 Å². The molecule has 1 atom stereocenters. The van der Waals surface area contributed by atoms with Gasteiger partial charge in [-0.15, -0.1) is 0 Å². The van der Waals surface area contributed by atoms with Gasteiger partial charge in [0.2, 0.25) is 11.8 Å². The molecule has 1 unspecified atom stereocenters. The molecule has 1 heterocycles. The van der Waals surface area contributed by atoms with Crippen LogP contribution in [-0.2, 0) is 14.4 Å². The molecule has 1 aromatic heterocycles. The van der Waals surface area contributed by atoms with Gasteiger partial charge in [-0.05, 0) is 30.5 Å². The topological polar surface area (TPSA) is 164 Å². The van der Waals surface area contributed by atoms with Gasteiger partial charge in [0.15, 0.2) is 0 Å². The number of rotatable bonds is 13. The number of amides is 2. The molecule has 0 aliphatic carbocycles. The zero-order valence-corrected chi connectivity index (χ0v) is 20.3. The molecule has 0 aliphatic heterocycles. The summed E-state index contributed by atoms with van der Waals surface area (Å²) < 4.78 is 0. The maximum atomic E-state index is 12.2. The number of nitrogens with zero attached hydrogens (tertiary/aromatic N) is 2. The summed E-state index contributed by atoms with van der Waals surface area (Å²) in [7, 11) is 0. The van der Waals surface area contributed by atoms with E-state index in [1.54, 1.807) is 6.20 Å². The quantitative estimate of drug-likeness (QED) is 0.128. The Morgan fingerprint density at radius 2 is 1.91 bits per heavy atom. The Kier molecular flexibility index (Phi) is 12.7. The number of nitro benzene ring substituents is 1. The number of carboxylic acids is 1. The van der Waals surface area contributed by atoms with Crippen LogP contribution in [-0.4, -0.2) is 45.9 Å². The predicted molar refractivity (Wildman–Crippen MR) is 117 cm³/mol. The summed E-state index contributed by atoms with van der Waals surface area (Å²) in [5, 5.41) is 28.2. The zero-order chi connectivity index (χ0) is 23.3. The van der Waals surface area contributed by atoms with Crippen molar-refractivity contribution in [2.45, 2.75) is 31.7 Å². The predicted octanol–water partition coefficient (Wildman–Crippen LogP) is -0.863. The van der Waals surface area contributed by atoms with E-state index in [-0.39, 0.29) is 55.5 Å². The van der Waals surface area contributed by atoms with E-state index in [2.05, 4.69) is 20.9 Å². The van der Waals surface area contributed by atoms with Crippen LogP contribution in [0.5, 0.6) is 0 Å². The van der Waals surface area contributed by atoms with E-state index in [1.807, 2.05) is 18.2 Å². The minimum absolute atomic E-state index is 0. The molecule has 0 aliphatic rings. The van der Waals surface area contributed by atoms with E-state index >= 15 is 0 Å². The second-order valence-electron chi connectivity index (χ2n) is 6.95. The van der Waals surface area contributed by atoms with E-state index in [0.29, 0.717) is 18.5 Å². The number of nitro groups is 1. The molecule has 172 valence electrons. The molecule has 0 fully saturated rings. The van der Waals surface area contributed by atoms with Gasteiger partial charge in [0.1, 0.15) is 5.82 Å². The summed E-state index contributed by atoms with van der Waals surface area (Å²) in [5.74, 6) is -1.31. The van der Waals surface area contributed by atoms with Gasteiger partial charge in [-0.2, -0.15) is 0 Å². The van der Waals surface area contributed by atoms with Gasteiger partial charge in [-0.1, -0.05) is 18.2 Å². The van der Waals surface area contributed by atoms with Gasteiger partial charge in [0.05, 0.1) is 23.9 Å². The average molecular weight is 467 g/mol. The van der Waals surface area contributed by atoms with Crippen LogP contribution in [0.3, 0.4) is 0 Å². The molecule has 2 rings (SSSR count). The molecule has 2 amide bonds. The molecule has 0 spiro atoms. The first-order chi connectivity index (χ1) is 15.3. The molecule has 4 N–H and O–H groups in total. The van der Waals surface area contributed by atoms with E-state index in [9.17, 15) is 24.5 Å². The fraction of sp³-hybridized carbons (Fsp3) is 0.333. The van der Waals surface area contributed by atoms with E-state index in [4.69, 9.17) is 5.11 Å². The van der Waals surface area contributed by atoms with Gasteiger partial charge in [0, 0.05) is 31.3 Å². The Labute approximate surface area is 214 Å². The van der Waals surface area contributed by atoms with E-state index in [0.717, 1.165) is 12.2 Å². The molecule has 1 aromatic carbocycles. The zero-order valence-electron chi connectivity index (χ0n) is 19.3. The molecule has 12 heteroatoms. The third-order valence-electron chi connectivity index (χ3n) is 4.45. The van der Waals surface area contributed by atoms with Crippen LogP contribution in [0.1, 0.15) is 38.7 Å². The molecular weight excluding hydrogens is 441 g/mol. The normalized spacial score (nSPS) is 10.9. The third kappa shape index (κ3) is 10.9. The van der Waals surface area contributed by atoms with Gasteiger partial charge in [0.25, 0.3) is 5.69 Å². The molecule has 33 heavy (non-hydrogen) atoms. The van der Waals surface area contributed by atoms with Crippen molar-refractivity contribution < 1.29 is 55.4 Å². The van der Waals surface area contributed by atoms with Crippen molar-refractivity contribution in [3.8, 4) is 0 Å². The first-order valence-electron chi connectivity index (χ1n) is 10.0. The van der Waals surface area contributed by atoms with Gasteiger partial charge >= 0.3 is 35.5 Å². The second-order valence-corrected chi connectivity index (χ2v) is 6.95. The minimum Gasteiger partial charge on any atom is -1.00 e. The maximum Gasteiger partial charge on any atom is 1.00 e. The minimum atomic E-state index is -1.18. The largest absolute Gasteiger partial charge is 1.00 e. The molecule has 2 aromatic rings. The number of benzene rings is 1. The van der Waals surface area contributed by atoms with Crippen LogP contribution in [0.15, 0.2) is 48.7 Å². The standard InChI is InChI=1S/C21H25N5O6.Na.H/c27-19(9-2-4-11-23-18-8-1-3-10-22-18)24-14-20(28)25-17(13-21(29)30)15-6-5-7-16(12-15)26(31)32;;/h1,3,5-8,10,12,17H,2,4,9,11,13-14H2,(H,22,23)(H,24,27)(H,25,28)(H,29,30);;/q;+1;-1. The Bertz CT molecular complexity index is 950. The number of nitrogens with one attached hydrogen (secondary N) is 3. The molecule has 0 saturated heterocycles. The number of aromatic nitrogens is 1. The molecule has 0 saturated carbocycles. The van der Waals surface area contributed by atoms with Crippen LogP contribution < -0.4 is 45.5 Å². The average Bonchev–Trinajstić information content (AvgIpc) is 2.77. The fourth-order valence-corrected chi connectivity index (χ4v) is 2.89. The number of unbranched alkanes of at least 4 members (excludes halogenated alkanes) is 1. The van der Waals surface area contributed by atoms with Crippen molar-refractivity contribution >= 4 is 29.3 Å². The van der Waals surface area contributed by atoms with Gasteiger partial charge in [-0.3, -0.25) is 24.5 Å². The SMILES string of the molecule is O=C(O)CC(NC(=O)CNC(=O)CCCCNc1ccccn1)c1cccc([N+](=O)[O-])c1.[H-].[Na+]. The molecule has 0 radical (unpaired) electrons. The Balaban J connectivity index is 0.00000544. The Morgan fingerprint density at radius 1 is 1.12 bits per heavy atom. The summed E-state index contributed by atoms with van der Waals surface area (Å²) in [5.41, 5.74) is 0.0830. The Hall–Kier alpha value is -3.02. The van der Waals surface area contributed by atoms with Crippen LogP contribution in [0.2, 0.25) is 0 Å². The maximum absolute atomic E-state index is 12.2. The summed E-state index contributed by atoms with van der Waals surface area (Å²) in [6, 6.07) is 9.97. The van der Waals surface area contributed by atoms with Crippen molar-refractivity contribution in [1.82, 2.24) is 15.6 Å². The summed E-state index contributed by atoms with van der Waals surface area (Å²) in [6.07, 6.45) is 2.82. The monoisotopic (exact) mass is 467 g/mol. The smallest absolute Gasteiger partial charge is 1.00 e. The number of carboxylic acid groups (broad SMARTS) is 1. The number of non-ortho nitro benzene ring substituents is 1. The summed E-state index contributed by atoms with van der Waals surface area (Å²) in [4.78, 5) is 49.8. The van der Waals surface area contributed by atoms with Crippen molar-refractivity contribution in [3.05, 3.63) is 64.3 Å². The van der Waals surface area contributed by atoms with Gasteiger partial charge < -0.3 is 22.5 Å². The first-order valence-corrected chi connectivity index (χ1v) is 10.0. The van der Waals surface area contributed by atoms with Crippen molar-refractivity contribution in [3.63, 3.8) is 0 Å². The molecule has 0 bridgehead atoms. The fourth-order valence-electron chi connectivity index (χ4n) is 2.89. The number of pyridine rings is 1. The Morgan fingerprint density at radius 3 is 2.58 bits per heavy atom. The number of hydrogen-bond acceptors (Lipinski definition) is 7. The molecule has 11 nitrogen and oxygen atoms in total. The van der Waals surface area contributed by atoms with E-state index < -0.39 is 29.3 Å². The number of carbonyl (C=O) groups excluding carboxylic acids is 2. The van der Waals surface area contributed by atoms with Crippen LogP contribution in [0, 0.1) is 10.1 Å². The number of carbonyl (C=O) groups is 3. The third-order valence-corrected chi connectivity index (χ3v) is 4.45. The number of aliphatic carboxylic acids is 1. The van der Waals surface area contributed by atoms with E-state index in [1.165, 1.54) is 24.3 Å². The first kappa shape index (κ1) is 28.0. The number of hydrogen-bond donors (Lipinski definition) is 4. The van der Waals surface area contributed by atoms with Gasteiger partial charge in [-0.25, -0.2) is 4.98 Å². The molecular formula is C21H26N5NaO6. The summed E-state index contributed by atoms with van der Waals surface area (Å²) in [6.45, 7) is 0.334. The van der Waals surface area contributed by atoms with Crippen LogP contribution >= 0.6 is 0 Å². The number of anilines is 1. The summed E-state index contributed by atoms with van der Waals surface area (Å²) >= 11 is 0. The van der Waals surface area contributed by atoms with Crippen molar-refractivity contribution in [2.75, 3.05) is 18.4 Å². The van der Waals surface area contributed by atoms with Crippen LogP contribution in [0.25, 0.3) is 0 Å². The van der Waals surface area contributed by atoms with Crippen LogP contribution in [0.4, 0.5) is 11.5 Å². The van der Waals surface area contributed by atoms with Crippen molar-refractivity contribution in [2.24, 2.45) is 0 Å². The second kappa shape index (κ2) is 14.9.